The van der Waals surface area contributed by atoms with Gasteiger partial charge in [0.05, 0.1) is 6.10 Å². The van der Waals surface area contributed by atoms with E-state index in [1.54, 1.807) is 18.9 Å². The Kier molecular flexibility index (Phi) is 6.36. The van der Waals surface area contributed by atoms with Crippen molar-refractivity contribution in [1.82, 2.24) is 4.90 Å². The molecular weight excluding hydrogens is 240 g/mol. The maximum atomic E-state index is 12.1. The molecule has 106 valence electrons. The summed E-state index contributed by atoms with van der Waals surface area (Å²) in [6, 6.07) is 7.51. The fourth-order valence-corrected chi connectivity index (χ4v) is 1.70. The molecule has 1 aromatic rings. The molecule has 0 aliphatic heterocycles. The Balaban J connectivity index is 2.56. The average Bonchev–Trinajstić information content (AvgIpc) is 2.42. The Morgan fingerprint density at radius 1 is 1.37 bits per heavy atom. The summed E-state index contributed by atoms with van der Waals surface area (Å²) in [6.07, 6.45) is 1.29. The highest BCUT2D eigenvalue weighted by atomic mass is 16.3. The van der Waals surface area contributed by atoms with E-state index in [-0.39, 0.29) is 12.0 Å². The van der Waals surface area contributed by atoms with Crippen LogP contribution in [0.2, 0.25) is 0 Å². The normalized spacial score (nSPS) is 12.0. The predicted molar refractivity (Wildman–Crippen MR) is 78.5 cm³/mol. The zero-order valence-electron chi connectivity index (χ0n) is 12.0. The minimum Gasteiger partial charge on any atom is -0.393 e. The number of carbonyl (C=O) groups excluding carboxylic acids is 1. The molecule has 1 rings (SSSR count). The highest BCUT2D eigenvalue weighted by Gasteiger charge is 2.11. The van der Waals surface area contributed by atoms with Crippen molar-refractivity contribution in [3.8, 4) is 0 Å². The number of rotatable bonds is 7. The van der Waals surface area contributed by atoms with E-state index in [1.807, 2.05) is 24.3 Å². The first-order chi connectivity index (χ1) is 9.04. The minimum absolute atomic E-state index is 0.0114. The molecule has 1 amide bonds. The number of carbonyl (C=O) groups is 1. The van der Waals surface area contributed by atoms with Crippen LogP contribution in [-0.4, -0.2) is 42.2 Å². The third-order valence-corrected chi connectivity index (χ3v) is 2.94. The molecule has 1 unspecified atom stereocenters. The Hall–Kier alpha value is -1.55. The molecule has 0 aliphatic rings. The predicted octanol–water partition coefficient (Wildman–Crippen LogP) is 2.35. The van der Waals surface area contributed by atoms with Gasteiger partial charge in [0.2, 0.25) is 0 Å². The van der Waals surface area contributed by atoms with Crippen molar-refractivity contribution in [2.75, 3.05) is 25.5 Å². The summed E-state index contributed by atoms with van der Waals surface area (Å²) in [6.45, 7) is 5.34. The van der Waals surface area contributed by atoms with Gasteiger partial charge in [-0.05, 0) is 44.0 Å². The van der Waals surface area contributed by atoms with Crippen molar-refractivity contribution < 1.29 is 9.90 Å². The number of benzene rings is 1. The van der Waals surface area contributed by atoms with Crippen LogP contribution >= 0.6 is 0 Å². The van der Waals surface area contributed by atoms with Gasteiger partial charge in [0, 0.05) is 31.4 Å². The molecule has 0 heterocycles. The van der Waals surface area contributed by atoms with Crippen LogP contribution in [0.15, 0.2) is 24.3 Å². The largest absolute Gasteiger partial charge is 0.393 e. The number of nitrogens with zero attached hydrogens (tertiary/aromatic N) is 1. The van der Waals surface area contributed by atoms with Crippen LogP contribution in [0.1, 0.15) is 37.0 Å². The molecule has 0 spiro atoms. The standard InChI is InChI=1S/C15H24N2O2/c1-4-10-16-14-7-5-13(6-8-14)15(19)17(3)11-9-12(2)18/h5-8,12,16,18H,4,9-11H2,1-3H3. The smallest absolute Gasteiger partial charge is 0.253 e. The number of hydrogen-bond donors (Lipinski definition) is 2. The molecular formula is C15H24N2O2. The van der Waals surface area contributed by atoms with Crippen LogP contribution in [0.4, 0.5) is 5.69 Å². The Morgan fingerprint density at radius 2 is 2.00 bits per heavy atom. The van der Waals surface area contributed by atoms with Crippen molar-refractivity contribution >= 4 is 11.6 Å². The van der Waals surface area contributed by atoms with Crippen molar-refractivity contribution in [2.24, 2.45) is 0 Å². The first-order valence-electron chi connectivity index (χ1n) is 6.82. The fourth-order valence-electron chi connectivity index (χ4n) is 1.70. The molecule has 4 heteroatoms. The molecule has 0 radical (unpaired) electrons. The van der Waals surface area contributed by atoms with Crippen LogP contribution in [0.25, 0.3) is 0 Å². The SMILES string of the molecule is CCCNc1ccc(C(=O)N(C)CCC(C)O)cc1. The van der Waals surface area contributed by atoms with E-state index < -0.39 is 0 Å². The van der Waals surface area contributed by atoms with Gasteiger partial charge in [0.25, 0.3) is 5.91 Å². The van der Waals surface area contributed by atoms with E-state index in [0.29, 0.717) is 18.5 Å². The summed E-state index contributed by atoms with van der Waals surface area (Å²) in [7, 11) is 1.76. The third kappa shape index (κ3) is 5.30. The highest BCUT2D eigenvalue weighted by Crippen LogP contribution is 2.11. The van der Waals surface area contributed by atoms with Crippen LogP contribution in [0, 0.1) is 0 Å². The lowest BCUT2D eigenvalue weighted by Gasteiger charge is -2.18. The van der Waals surface area contributed by atoms with Gasteiger partial charge in [-0.1, -0.05) is 6.92 Å². The first-order valence-corrected chi connectivity index (χ1v) is 6.82. The number of amides is 1. The van der Waals surface area contributed by atoms with Crippen molar-refractivity contribution in [3.63, 3.8) is 0 Å². The van der Waals surface area contributed by atoms with E-state index in [1.165, 1.54) is 0 Å². The molecule has 19 heavy (non-hydrogen) atoms. The zero-order valence-corrected chi connectivity index (χ0v) is 12.0. The van der Waals surface area contributed by atoms with E-state index in [4.69, 9.17) is 0 Å². The van der Waals surface area contributed by atoms with Crippen molar-refractivity contribution in [3.05, 3.63) is 29.8 Å². The van der Waals surface area contributed by atoms with Crippen LogP contribution in [0.3, 0.4) is 0 Å². The van der Waals surface area contributed by atoms with Crippen LogP contribution < -0.4 is 5.32 Å². The Labute approximate surface area is 115 Å². The number of aliphatic hydroxyl groups is 1. The lowest BCUT2D eigenvalue weighted by Crippen LogP contribution is -2.29. The number of anilines is 1. The number of hydrogen-bond acceptors (Lipinski definition) is 3. The maximum absolute atomic E-state index is 12.1. The monoisotopic (exact) mass is 264 g/mol. The molecule has 0 bridgehead atoms. The van der Waals surface area contributed by atoms with Gasteiger partial charge in [-0.2, -0.15) is 0 Å². The third-order valence-electron chi connectivity index (χ3n) is 2.94. The van der Waals surface area contributed by atoms with E-state index in [9.17, 15) is 9.90 Å². The van der Waals surface area contributed by atoms with Gasteiger partial charge in [-0.3, -0.25) is 4.79 Å². The second-order valence-electron chi connectivity index (χ2n) is 4.87. The first kappa shape index (κ1) is 15.5. The summed E-state index contributed by atoms with van der Waals surface area (Å²) in [5.41, 5.74) is 1.71. The molecule has 1 aromatic carbocycles. The molecule has 0 saturated carbocycles. The molecule has 0 saturated heterocycles. The average molecular weight is 264 g/mol. The highest BCUT2D eigenvalue weighted by molar-refractivity contribution is 5.94. The van der Waals surface area contributed by atoms with Gasteiger partial charge in [0.15, 0.2) is 0 Å². The summed E-state index contributed by atoms with van der Waals surface area (Å²) in [5.74, 6) is -0.0114. The van der Waals surface area contributed by atoms with Gasteiger partial charge in [-0.25, -0.2) is 0 Å². The quantitative estimate of drug-likeness (QED) is 0.795. The van der Waals surface area contributed by atoms with E-state index in [2.05, 4.69) is 12.2 Å². The van der Waals surface area contributed by atoms with Crippen LogP contribution in [-0.2, 0) is 0 Å². The molecule has 0 aromatic heterocycles. The molecule has 0 fully saturated rings. The minimum atomic E-state index is -0.379. The molecule has 1 atom stereocenters. The lowest BCUT2D eigenvalue weighted by molar-refractivity contribution is 0.0769. The molecule has 2 N–H and O–H groups in total. The Bertz CT molecular complexity index is 388. The second kappa shape index (κ2) is 7.79. The van der Waals surface area contributed by atoms with Gasteiger partial charge in [-0.15, -0.1) is 0 Å². The van der Waals surface area contributed by atoms with Gasteiger partial charge >= 0.3 is 0 Å². The maximum Gasteiger partial charge on any atom is 0.253 e. The summed E-state index contributed by atoms with van der Waals surface area (Å²) in [4.78, 5) is 13.7. The lowest BCUT2D eigenvalue weighted by atomic mass is 10.1. The summed E-state index contributed by atoms with van der Waals surface area (Å²) in [5, 5.41) is 12.5. The van der Waals surface area contributed by atoms with Crippen LogP contribution in [0.5, 0.6) is 0 Å². The fraction of sp³-hybridized carbons (Fsp3) is 0.533. The topological polar surface area (TPSA) is 52.6 Å². The van der Waals surface area contributed by atoms with E-state index >= 15 is 0 Å². The van der Waals surface area contributed by atoms with Gasteiger partial charge < -0.3 is 15.3 Å². The Morgan fingerprint density at radius 3 is 2.53 bits per heavy atom. The number of aliphatic hydroxyl groups excluding tert-OH is 1. The second-order valence-corrected chi connectivity index (χ2v) is 4.87. The van der Waals surface area contributed by atoms with Crippen molar-refractivity contribution in [1.29, 1.82) is 0 Å². The molecule has 0 aliphatic carbocycles. The molecule has 4 nitrogen and oxygen atoms in total. The zero-order chi connectivity index (χ0) is 14.3. The summed E-state index contributed by atoms with van der Waals surface area (Å²) >= 11 is 0. The van der Waals surface area contributed by atoms with Gasteiger partial charge in [0.1, 0.15) is 0 Å². The van der Waals surface area contributed by atoms with Crippen molar-refractivity contribution in [2.45, 2.75) is 32.8 Å². The summed E-state index contributed by atoms with van der Waals surface area (Å²) < 4.78 is 0. The number of nitrogens with one attached hydrogen (secondary N) is 1. The van der Waals surface area contributed by atoms with E-state index in [0.717, 1.165) is 18.7 Å².